The summed E-state index contributed by atoms with van der Waals surface area (Å²) in [6.45, 7) is 11.5. The second kappa shape index (κ2) is 5.45. The molecule has 0 unspecified atom stereocenters. The summed E-state index contributed by atoms with van der Waals surface area (Å²) < 4.78 is 40.7. The van der Waals surface area contributed by atoms with Gasteiger partial charge in [0.05, 0.1) is 4.90 Å². The summed E-state index contributed by atoms with van der Waals surface area (Å²) in [6, 6.07) is 3.70. The fourth-order valence-corrected chi connectivity index (χ4v) is 4.33. The van der Waals surface area contributed by atoms with Crippen LogP contribution in [0.1, 0.15) is 46.6 Å². The molecule has 20 heavy (non-hydrogen) atoms. The van der Waals surface area contributed by atoms with Crippen LogP contribution in [0.15, 0.2) is 23.1 Å². The first-order valence-electron chi connectivity index (χ1n) is 6.63. The van der Waals surface area contributed by atoms with Crippen molar-refractivity contribution in [3.8, 4) is 0 Å². The van der Waals surface area contributed by atoms with Crippen LogP contribution < -0.4 is 4.72 Å². The lowest BCUT2D eigenvalue weighted by Crippen LogP contribution is -2.45. The van der Waals surface area contributed by atoms with E-state index in [1.807, 2.05) is 13.8 Å². The van der Waals surface area contributed by atoms with E-state index in [4.69, 9.17) is 0 Å². The third kappa shape index (κ3) is 4.87. The molecular weight excluding hydrogens is 277 g/mol. The van der Waals surface area contributed by atoms with Gasteiger partial charge in [-0.1, -0.05) is 20.8 Å². The van der Waals surface area contributed by atoms with E-state index in [1.54, 1.807) is 6.92 Å². The SMILES string of the molecule is Cc1cc(F)ccc1S(=O)(=O)NC(C)(C)CC(C)(C)C. The van der Waals surface area contributed by atoms with E-state index in [0.29, 0.717) is 12.0 Å². The van der Waals surface area contributed by atoms with Gasteiger partial charge in [-0.15, -0.1) is 0 Å². The van der Waals surface area contributed by atoms with Crippen LogP contribution in [0.3, 0.4) is 0 Å². The fraction of sp³-hybridized carbons (Fsp3) is 0.600. The highest BCUT2D eigenvalue weighted by Gasteiger charge is 2.31. The summed E-state index contributed by atoms with van der Waals surface area (Å²) in [6.07, 6.45) is 0.694. The molecular formula is C15H24FNO2S. The van der Waals surface area contributed by atoms with Crippen molar-refractivity contribution in [1.82, 2.24) is 4.72 Å². The first-order chi connectivity index (χ1) is 8.82. The number of hydrogen-bond acceptors (Lipinski definition) is 2. The highest BCUT2D eigenvalue weighted by Crippen LogP contribution is 2.28. The molecule has 0 aliphatic carbocycles. The molecule has 0 bridgehead atoms. The van der Waals surface area contributed by atoms with Crippen LogP contribution in [0.4, 0.5) is 4.39 Å². The summed E-state index contributed by atoms with van der Waals surface area (Å²) in [5, 5.41) is 0. The van der Waals surface area contributed by atoms with Gasteiger partial charge >= 0.3 is 0 Å². The number of halogens is 1. The van der Waals surface area contributed by atoms with Gasteiger partial charge in [-0.05, 0) is 56.4 Å². The van der Waals surface area contributed by atoms with Crippen LogP contribution in [0.5, 0.6) is 0 Å². The van der Waals surface area contributed by atoms with Crippen molar-refractivity contribution in [1.29, 1.82) is 0 Å². The van der Waals surface area contributed by atoms with Gasteiger partial charge in [0.2, 0.25) is 10.0 Å². The van der Waals surface area contributed by atoms with Crippen molar-refractivity contribution in [2.24, 2.45) is 5.41 Å². The normalized spacial score (nSPS) is 13.6. The Labute approximate surface area is 121 Å². The van der Waals surface area contributed by atoms with Gasteiger partial charge in [-0.3, -0.25) is 0 Å². The van der Waals surface area contributed by atoms with E-state index in [9.17, 15) is 12.8 Å². The first kappa shape index (κ1) is 17.1. The summed E-state index contributed by atoms with van der Waals surface area (Å²) >= 11 is 0. The first-order valence-corrected chi connectivity index (χ1v) is 8.11. The molecule has 1 aromatic carbocycles. The molecule has 114 valence electrons. The second-order valence-electron chi connectivity index (χ2n) is 7.14. The molecule has 1 aromatic rings. The fourth-order valence-electron chi connectivity index (χ4n) is 2.69. The lowest BCUT2D eigenvalue weighted by atomic mass is 9.82. The number of nitrogens with one attached hydrogen (secondary N) is 1. The molecule has 0 amide bonds. The number of benzene rings is 1. The van der Waals surface area contributed by atoms with Crippen LogP contribution >= 0.6 is 0 Å². The van der Waals surface area contributed by atoms with Crippen molar-refractivity contribution >= 4 is 10.0 Å². The summed E-state index contributed by atoms with van der Waals surface area (Å²) in [7, 11) is -3.65. The highest BCUT2D eigenvalue weighted by atomic mass is 32.2. The van der Waals surface area contributed by atoms with Gasteiger partial charge < -0.3 is 0 Å². The van der Waals surface area contributed by atoms with E-state index in [1.165, 1.54) is 18.2 Å². The molecule has 1 rings (SSSR count). The zero-order valence-electron chi connectivity index (χ0n) is 13.0. The average molecular weight is 301 g/mol. The zero-order valence-corrected chi connectivity index (χ0v) is 13.9. The molecule has 0 saturated carbocycles. The molecule has 0 fully saturated rings. The lowest BCUT2D eigenvalue weighted by molar-refractivity contribution is 0.269. The molecule has 1 N–H and O–H groups in total. The van der Waals surface area contributed by atoms with Crippen molar-refractivity contribution in [2.75, 3.05) is 0 Å². The topological polar surface area (TPSA) is 46.2 Å². The third-order valence-corrected chi connectivity index (χ3v) is 4.67. The lowest BCUT2D eigenvalue weighted by Gasteiger charge is -2.33. The molecule has 0 aromatic heterocycles. The molecule has 0 aliphatic rings. The van der Waals surface area contributed by atoms with Gasteiger partial charge in [0, 0.05) is 5.54 Å². The summed E-state index contributed by atoms with van der Waals surface area (Å²) in [5.74, 6) is -0.435. The third-order valence-electron chi connectivity index (χ3n) is 2.81. The van der Waals surface area contributed by atoms with E-state index < -0.39 is 21.4 Å². The Kier molecular flexibility index (Phi) is 4.66. The van der Waals surface area contributed by atoms with Crippen LogP contribution in [-0.2, 0) is 10.0 Å². The minimum atomic E-state index is -3.65. The van der Waals surface area contributed by atoms with E-state index in [-0.39, 0.29) is 10.3 Å². The van der Waals surface area contributed by atoms with Gasteiger partial charge in [0.15, 0.2) is 0 Å². The minimum Gasteiger partial charge on any atom is -0.207 e. The van der Waals surface area contributed by atoms with Crippen LogP contribution in [0.2, 0.25) is 0 Å². The number of aryl methyl sites for hydroxylation is 1. The van der Waals surface area contributed by atoms with Gasteiger partial charge in [0.25, 0.3) is 0 Å². The van der Waals surface area contributed by atoms with E-state index in [2.05, 4.69) is 25.5 Å². The maximum atomic E-state index is 13.1. The number of hydrogen-bond donors (Lipinski definition) is 1. The second-order valence-corrected chi connectivity index (χ2v) is 8.79. The number of sulfonamides is 1. The van der Waals surface area contributed by atoms with Crippen molar-refractivity contribution < 1.29 is 12.8 Å². The molecule has 0 radical (unpaired) electrons. The molecule has 3 nitrogen and oxygen atoms in total. The molecule has 0 saturated heterocycles. The molecule has 0 heterocycles. The molecule has 0 aliphatic heterocycles. The molecule has 0 spiro atoms. The predicted molar refractivity (Wildman–Crippen MR) is 79.6 cm³/mol. The van der Waals surface area contributed by atoms with Crippen molar-refractivity contribution in [3.05, 3.63) is 29.6 Å². The maximum Gasteiger partial charge on any atom is 0.241 e. The summed E-state index contributed by atoms with van der Waals surface area (Å²) in [4.78, 5) is 0.126. The molecule has 5 heteroatoms. The van der Waals surface area contributed by atoms with Crippen LogP contribution in [0.25, 0.3) is 0 Å². The molecule has 0 atom stereocenters. The predicted octanol–water partition coefficient (Wildman–Crippen LogP) is 3.63. The Balaban J connectivity index is 3.06. The quantitative estimate of drug-likeness (QED) is 0.923. The summed E-state index contributed by atoms with van der Waals surface area (Å²) in [5.41, 5.74) is -0.161. The minimum absolute atomic E-state index is 0.00383. The Morgan fingerprint density at radius 2 is 1.70 bits per heavy atom. The average Bonchev–Trinajstić information content (AvgIpc) is 2.09. The van der Waals surface area contributed by atoms with E-state index >= 15 is 0 Å². The van der Waals surface area contributed by atoms with Crippen LogP contribution in [0, 0.1) is 18.2 Å². The van der Waals surface area contributed by atoms with Crippen molar-refractivity contribution in [2.45, 2.75) is 58.4 Å². The Hall–Kier alpha value is -0.940. The standard InChI is InChI=1S/C15H24FNO2S/c1-11-9-12(16)7-8-13(11)20(18,19)17-15(5,6)10-14(2,3)4/h7-9,17H,10H2,1-6H3. The Morgan fingerprint density at radius 1 is 1.15 bits per heavy atom. The Bertz CT molecular complexity index is 586. The van der Waals surface area contributed by atoms with Crippen molar-refractivity contribution in [3.63, 3.8) is 0 Å². The number of rotatable bonds is 4. The van der Waals surface area contributed by atoms with E-state index in [0.717, 1.165) is 0 Å². The zero-order chi connectivity index (χ0) is 15.8. The van der Waals surface area contributed by atoms with Gasteiger partial charge in [-0.25, -0.2) is 17.5 Å². The maximum absolute atomic E-state index is 13.1. The monoisotopic (exact) mass is 301 g/mol. The van der Waals surface area contributed by atoms with Gasteiger partial charge in [-0.2, -0.15) is 0 Å². The van der Waals surface area contributed by atoms with Crippen LogP contribution in [-0.4, -0.2) is 14.0 Å². The highest BCUT2D eigenvalue weighted by molar-refractivity contribution is 7.89. The Morgan fingerprint density at radius 3 is 2.15 bits per heavy atom. The van der Waals surface area contributed by atoms with Gasteiger partial charge in [0.1, 0.15) is 5.82 Å². The smallest absolute Gasteiger partial charge is 0.207 e. The largest absolute Gasteiger partial charge is 0.241 e.